The largest absolute Gasteiger partial charge is 0.397 e. The van der Waals surface area contributed by atoms with Crippen molar-refractivity contribution in [1.82, 2.24) is 5.32 Å². The number of anilines is 2. The van der Waals surface area contributed by atoms with E-state index in [-0.39, 0.29) is 5.91 Å². The molecule has 2 rings (SSSR count). The van der Waals surface area contributed by atoms with Crippen LogP contribution in [0.2, 0.25) is 0 Å². The molecule has 0 aromatic heterocycles. The van der Waals surface area contributed by atoms with Crippen molar-refractivity contribution >= 4 is 17.3 Å². The van der Waals surface area contributed by atoms with Crippen LogP contribution in [-0.2, 0) is 0 Å². The molecule has 4 nitrogen and oxygen atoms in total. The number of carbonyl (C=O) groups excluding carboxylic acids is 1. The van der Waals surface area contributed by atoms with E-state index in [1.54, 1.807) is 18.2 Å². The maximum Gasteiger partial charge on any atom is 0.253 e. The van der Waals surface area contributed by atoms with E-state index >= 15 is 0 Å². The van der Waals surface area contributed by atoms with Crippen molar-refractivity contribution in [3.8, 4) is 0 Å². The van der Waals surface area contributed by atoms with E-state index in [2.05, 4.69) is 10.6 Å². The molecule has 0 saturated heterocycles. The zero-order chi connectivity index (χ0) is 9.26. The van der Waals surface area contributed by atoms with E-state index < -0.39 is 0 Å². The number of fused-ring (bicyclic) bond motifs is 1. The van der Waals surface area contributed by atoms with E-state index in [9.17, 15) is 4.79 Å². The molecule has 4 N–H and O–H groups in total. The lowest BCUT2D eigenvalue weighted by molar-refractivity contribution is 0.0958. The van der Waals surface area contributed by atoms with Crippen LogP contribution in [0.15, 0.2) is 18.2 Å². The summed E-state index contributed by atoms with van der Waals surface area (Å²) in [6.45, 7) is 1.35. The van der Waals surface area contributed by atoms with Gasteiger partial charge in [0.15, 0.2) is 0 Å². The third-order valence-electron chi connectivity index (χ3n) is 2.05. The van der Waals surface area contributed by atoms with Gasteiger partial charge in [0.05, 0.1) is 16.9 Å². The number of rotatable bonds is 0. The Morgan fingerprint density at radius 2 is 2.00 bits per heavy atom. The number of hydrogen-bond donors (Lipinski definition) is 3. The Hall–Kier alpha value is -1.71. The van der Waals surface area contributed by atoms with Gasteiger partial charge in [0.1, 0.15) is 0 Å². The standard InChI is InChI=1S/C9H11N3O/c10-7-3-1-2-6-8(7)11-4-5-12-9(6)13/h1-3,11H,4-5,10H2,(H,12,13). The minimum Gasteiger partial charge on any atom is -0.397 e. The molecule has 0 aliphatic carbocycles. The number of hydrogen-bond acceptors (Lipinski definition) is 3. The maximum atomic E-state index is 11.5. The molecule has 0 unspecified atom stereocenters. The fourth-order valence-corrected chi connectivity index (χ4v) is 1.42. The van der Waals surface area contributed by atoms with Crippen molar-refractivity contribution in [2.45, 2.75) is 0 Å². The molecule has 68 valence electrons. The maximum absolute atomic E-state index is 11.5. The summed E-state index contributed by atoms with van der Waals surface area (Å²) in [5.74, 6) is -0.0627. The van der Waals surface area contributed by atoms with Gasteiger partial charge >= 0.3 is 0 Å². The third-order valence-corrected chi connectivity index (χ3v) is 2.05. The molecule has 1 heterocycles. The van der Waals surface area contributed by atoms with E-state index in [4.69, 9.17) is 5.73 Å². The van der Waals surface area contributed by atoms with E-state index in [0.717, 1.165) is 5.69 Å². The molecule has 13 heavy (non-hydrogen) atoms. The van der Waals surface area contributed by atoms with Gasteiger partial charge in [-0.05, 0) is 12.1 Å². The minimum absolute atomic E-state index is 0.0627. The zero-order valence-electron chi connectivity index (χ0n) is 7.13. The highest BCUT2D eigenvalue weighted by molar-refractivity contribution is 6.02. The van der Waals surface area contributed by atoms with Crippen LogP contribution in [-0.4, -0.2) is 19.0 Å². The van der Waals surface area contributed by atoms with Gasteiger partial charge in [-0.3, -0.25) is 4.79 Å². The zero-order valence-corrected chi connectivity index (χ0v) is 7.13. The number of benzene rings is 1. The molecule has 0 fully saturated rings. The molecule has 1 aliphatic rings. The molecule has 0 atom stereocenters. The first-order chi connectivity index (χ1) is 6.29. The van der Waals surface area contributed by atoms with Crippen molar-refractivity contribution in [1.29, 1.82) is 0 Å². The average Bonchev–Trinajstić information content (AvgIpc) is 2.30. The summed E-state index contributed by atoms with van der Waals surface area (Å²) in [6.07, 6.45) is 0. The summed E-state index contributed by atoms with van der Waals surface area (Å²) in [7, 11) is 0. The van der Waals surface area contributed by atoms with Crippen molar-refractivity contribution in [2.75, 3.05) is 24.1 Å². The Labute approximate surface area is 76.1 Å². The molecule has 1 amide bonds. The van der Waals surface area contributed by atoms with Crippen LogP contribution in [0, 0.1) is 0 Å². The van der Waals surface area contributed by atoms with Crippen molar-refractivity contribution in [3.05, 3.63) is 23.8 Å². The highest BCUT2D eigenvalue weighted by atomic mass is 16.1. The normalized spacial score (nSPS) is 15.2. The molecule has 0 radical (unpaired) electrons. The van der Waals surface area contributed by atoms with Gasteiger partial charge in [-0.1, -0.05) is 6.07 Å². The van der Waals surface area contributed by atoms with Crippen molar-refractivity contribution < 1.29 is 4.79 Å². The van der Waals surface area contributed by atoms with Gasteiger partial charge in [0.25, 0.3) is 5.91 Å². The molecular weight excluding hydrogens is 166 g/mol. The molecule has 0 spiro atoms. The van der Waals surface area contributed by atoms with Crippen LogP contribution < -0.4 is 16.4 Å². The van der Waals surface area contributed by atoms with Gasteiger partial charge in [0.2, 0.25) is 0 Å². The summed E-state index contributed by atoms with van der Waals surface area (Å²) in [5.41, 5.74) is 7.72. The van der Waals surface area contributed by atoms with Crippen molar-refractivity contribution in [2.24, 2.45) is 0 Å². The highest BCUT2D eigenvalue weighted by Crippen LogP contribution is 2.23. The number of nitrogen functional groups attached to an aromatic ring is 1. The fourth-order valence-electron chi connectivity index (χ4n) is 1.42. The lowest BCUT2D eigenvalue weighted by Crippen LogP contribution is -2.24. The predicted octanol–water partition coefficient (Wildman–Crippen LogP) is 0.424. The molecule has 0 bridgehead atoms. The Morgan fingerprint density at radius 1 is 1.23 bits per heavy atom. The van der Waals surface area contributed by atoms with E-state index in [1.807, 2.05) is 0 Å². The topological polar surface area (TPSA) is 67.2 Å². The molecule has 0 saturated carbocycles. The smallest absolute Gasteiger partial charge is 0.253 e. The highest BCUT2D eigenvalue weighted by Gasteiger charge is 2.15. The lowest BCUT2D eigenvalue weighted by Gasteiger charge is -2.07. The van der Waals surface area contributed by atoms with Gasteiger partial charge in [-0.15, -0.1) is 0 Å². The Balaban J connectivity index is 2.54. The van der Waals surface area contributed by atoms with E-state index in [0.29, 0.717) is 24.3 Å². The molecule has 1 aromatic carbocycles. The summed E-state index contributed by atoms with van der Waals surface area (Å²) in [6, 6.07) is 5.32. The SMILES string of the molecule is Nc1cccc2c1NCCNC2=O. The van der Waals surface area contributed by atoms with Crippen molar-refractivity contribution in [3.63, 3.8) is 0 Å². The summed E-state index contributed by atoms with van der Waals surface area (Å²) in [5, 5.41) is 5.89. The Kier molecular flexibility index (Phi) is 1.81. The third kappa shape index (κ3) is 1.30. The van der Waals surface area contributed by atoms with Crippen LogP contribution in [0.5, 0.6) is 0 Å². The summed E-state index contributed by atoms with van der Waals surface area (Å²) >= 11 is 0. The first-order valence-electron chi connectivity index (χ1n) is 4.19. The number of para-hydroxylation sites is 1. The average molecular weight is 177 g/mol. The van der Waals surface area contributed by atoms with Gasteiger partial charge in [-0.25, -0.2) is 0 Å². The van der Waals surface area contributed by atoms with Crippen LogP contribution >= 0.6 is 0 Å². The molecular formula is C9H11N3O. The predicted molar refractivity (Wildman–Crippen MR) is 51.7 cm³/mol. The van der Waals surface area contributed by atoms with Crippen LogP contribution in [0.3, 0.4) is 0 Å². The second-order valence-electron chi connectivity index (χ2n) is 2.95. The molecule has 1 aromatic rings. The quantitative estimate of drug-likeness (QED) is 0.503. The van der Waals surface area contributed by atoms with Crippen LogP contribution in [0.4, 0.5) is 11.4 Å². The fraction of sp³-hybridized carbons (Fsp3) is 0.222. The molecule has 4 heteroatoms. The van der Waals surface area contributed by atoms with Crippen LogP contribution in [0.1, 0.15) is 10.4 Å². The summed E-state index contributed by atoms with van der Waals surface area (Å²) in [4.78, 5) is 11.5. The first-order valence-corrected chi connectivity index (χ1v) is 4.19. The number of amides is 1. The minimum atomic E-state index is -0.0627. The van der Waals surface area contributed by atoms with Gasteiger partial charge in [-0.2, -0.15) is 0 Å². The van der Waals surface area contributed by atoms with Crippen LogP contribution in [0.25, 0.3) is 0 Å². The monoisotopic (exact) mass is 177 g/mol. The first kappa shape index (κ1) is 7.91. The molecule has 1 aliphatic heterocycles. The van der Waals surface area contributed by atoms with Gasteiger partial charge in [0, 0.05) is 13.1 Å². The number of nitrogens with two attached hydrogens (primary N) is 1. The number of carbonyl (C=O) groups is 1. The Morgan fingerprint density at radius 3 is 2.85 bits per heavy atom. The second kappa shape index (κ2) is 2.97. The van der Waals surface area contributed by atoms with E-state index in [1.165, 1.54) is 0 Å². The lowest BCUT2D eigenvalue weighted by atomic mass is 10.1. The summed E-state index contributed by atoms with van der Waals surface area (Å²) < 4.78 is 0. The number of nitrogens with one attached hydrogen (secondary N) is 2. The van der Waals surface area contributed by atoms with Gasteiger partial charge < -0.3 is 16.4 Å². The second-order valence-corrected chi connectivity index (χ2v) is 2.95. The Bertz CT molecular complexity index is 349.